The lowest BCUT2D eigenvalue weighted by Crippen LogP contribution is -2.50. The molecule has 1 atom stereocenters. The average Bonchev–Trinajstić information content (AvgIpc) is 2.18. The first-order valence-electron chi connectivity index (χ1n) is 4.39. The monoisotopic (exact) mass is 236 g/mol. The van der Waals surface area contributed by atoms with Crippen LogP contribution in [-0.2, 0) is 4.79 Å². The molecular weight excluding hydrogens is 224 g/mol. The minimum absolute atomic E-state index is 0.178. The summed E-state index contributed by atoms with van der Waals surface area (Å²) >= 11 is 7.10. The summed E-state index contributed by atoms with van der Waals surface area (Å²) in [5.74, 6) is 1.22. The molecule has 0 aromatic rings. The Hall–Kier alpha value is -0.420. The minimum Gasteiger partial charge on any atom is -0.320 e. The van der Waals surface area contributed by atoms with Gasteiger partial charge in [0.25, 0.3) is 0 Å². The van der Waals surface area contributed by atoms with E-state index in [-0.39, 0.29) is 18.0 Å². The number of imide groups is 1. The van der Waals surface area contributed by atoms with Crippen molar-refractivity contribution in [1.82, 2.24) is 10.2 Å². The zero-order valence-electron chi connectivity index (χ0n) is 7.96. The third-order valence-electron chi connectivity index (χ3n) is 2.00. The Balaban J connectivity index is 2.46. The van der Waals surface area contributed by atoms with Gasteiger partial charge in [-0.25, -0.2) is 4.79 Å². The molecule has 0 bridgehead atoms. The second kappa shape index (κ2) is 5.46. The number of amides is 3. The SMILES string of the molecule is CC1CSCCN1C(=O)NC(=O)CCl. The smallest absolute Gasteiger partial charge is 0.320 e. The lowest BCUT2D eigenvalue weighted by molar-refractivity contribution is -0.117. The van der Waals surface area contributed by atoms with Gasteiger partial charge in [-0.15, -0.1) is 11.6 Å². The summed E-state index contributed by atoms with van der Waals surface area (Å²) in [6, 6.07) is -0.152. The topological polar surface area (TPSA) is 49.4 Å². The summed E-state index contributed by atoms with van der Waals surface area (Å²) in [5.41, 5.74) is 0. The van der Waals surface area contributed by atoms with Gasteiger partial charge in [-0.05, 0) is 6.92 Å². The number of nitrogens with zero attached hydrogens (tertiary/aromatic N) is 1. The molecule has 1 aliphatic rings. The summed E-state index contributed by atoms with van der Waals surface area (Å²) < 4.78 is 0. The normalized spacial score (nSPS) is 21.9. The van der Waals surface area contributed by atoms with Crippen molar-refractivity contribution in [2.75, 3.05) is 23.9 Å². The first-order valence-corrected chi connectivity index (χ1v) is 6.08. The number of carbonyl (C=O) groups is 2. The first-order chi connectivity index (χ1) is 6.65. The average molecular weight is 237 g/mol. The molecule has 14 heavy (non-hydrogen) atoms. The van der Waals surface area contributed by atoms with E-state index in [1.54, 1.807) is 4.90 Å². The predicted octanol–water partition coefficient (Wildman–Crippen LogP) is 0.899. The van der Waals surface area contributed by atoms with Crippen LogP contribution in [0.1, 0.15) is 6.92 Å². The van der Waals surface area contributed by atoms with Crippen molar-refractivity contribution in [2.24, 2.45) is 0 Å². The van der Waals surface area contributed by atoms with Crippen LogP contribution in [-0.4, -0.2) is 46.8 Å². The van der Waals surface area contributed by atoms with E-state index >= 15 is 0 Å². The fraction of sp³-hybridized carbons (Fsp3) is 0.750. The number of hydrogen-bond donors (Lipinski definition) is 1. The van der Waals surface area contributed by atoms with Crippen LogP contribution >= 0.6 is 23.4 Å². The Morgan fingerprint density at radius 3 is 2.93 bits per heavy atom. The third kappa shape index (κ3) is 3.06. The molecule has 0 saturated carbocycles. The standard InChI is InChI=1S/C8H13ClN2O2S/c1-6-5-14-3-2-11(6)8(13)10-7(12)4-9/h6H,2-5H2,1H3,(H,10,12,13). The first kappa shape index (κ1) is 11.7. The highest BCUT2D eigenvalue weighted by Crippen LogP contribution is 2.15. The van der Waals surface area contributed by atoms with Crippen molar-refractivity contribution in [2.45, 2.75) is 13.0 Å². The predicted molar refractivity (Wildman–Crippen MR) is 57.8 cm³/mol. The van der Waals surface area contributed by atoms with E-state index < -0.39 is 5.91 Å². The lowest BCUT2D eigenvalue weighted by atomic mass is 10.3. The molecule has 1 heterocycles. The van der Waals surface area contributed by atoms with Gasteiger partial charge < -0.3 is 4.90 Å². The van der Waals surface area contributed by atoms with Gasteiger partial charge in [0.1, 0.15) is 5.88 Å². The van der Waals surface area contributed by atoms with Crippen LogP contribution in [0.15, 0.2) is 0 Å². The molecule has 4 nitrogen and oxygen atoms in total. The van der Waals surface area contributed by atoms with Crippen LogP contribution < -0.4 is 5.32 Å². The van der Waals surface area contributed by atoms with Gasteiger partial charge in [-0.3, -0.25) is 10.1 Å². The van der Waals surface area contributed by atoms with Gasteiger partial charge in [0.2, 0.25) is 5.91 Å². The fourth-order valence-corrected chi connectivity index (χ4v) is 2.33. The van der Waals surface area contributed by atoms with E-state index in [0.29, 0.717) is 6.54 Å². The summed E-state index contributed by atoms with van der Waals surface area (Å²) in [7, 11) is 0. The maximum atomic E-state index is 11.5. The van der Waals surface area contributed by atoms with Crippen molar-refractivity contribution in [3.05, 3.63) is 0 Å². The number of thioether (sulfide) groups is 1. The Bertz CT molecular complexity index is 237. The summed E-state index contributed by atoms with van der Waals surface area (Å²) in [6.07, 6.45) is 0. The van der Waals surface area contributed by atoms with Crippen LogP contribution in [0.25, 0.3) is 0 Å². The largest absolute Gasteiger partial charge is 0.324 e. The van der Waals surface area contributed by atoms with Crippen LogP contribution in [0, 0.1) is 0 Å². The molecule has 0 aliphatic carbocycles. The third-order valence-corrected chi connectivity index (χ3v) is 3.43. The maximum absolute atomic E-state index is 11.5. The zero-order chi connectivity index (χ0) is 10.6. The van der Waals surface area contributed by atoms with E-state index in [1.165, 1.54) is 0 Å². The van der Waals surface area contributed by atoms with Crippen molar-refractivity contribution in [3.8, 4) is 0 Å². The Labute approximate surface area is 92.3 Å². The Kier molecular flexibility index (Phi) is 4.54. The van der Waals surface area contributed by atoms with E-state index in [2.05, 4.69) is 5.32 Å². The highest BCUT2D eigenvalue weighted by molar-refractivity contribution is 7.99. The molecule has 0 spiro atoms. The van der Waals surface area contributed by atoms with Crippen LogP contribution in [0.2, 0.25) is 0 Å². The Morgan fingerprint density at radius 2 is 2.36 bits per heavy atom. The van der Waals surface area contributed by atoms with Gasteiger partial charge in [0.05, 0.1) is 0 Å². The summed E-state index contributed by atoms with van der Waals surface area (Å²) in [4.78, 5) is 24.0. The molecule has 0 aromatic carbocycles. The zero-order valence-corrected chi connectivity index (χ0v) is 9.53. The number of rotatable bonds is 1. The van der Waals surface area contributed by atoms with Gasteiger partial charge in [0.15, 0.2) is 0 Å². The number of hydrogen-bond acceptors (Lipinski definition) is 3. The van der Waals surface area contributed by atoms with Crippen LogP contribution in [0.4, 0.5) is 4.79 Å². The maximum Gasteiger partial charge on any atom is 0.324 e. The molecule has 1 unspecified atom stereocenters. The molecule has 6 heteroatoms. The van der Waals surface area contributed by atoms with E-state index in [4.69, 9.17) is 11.6 Å². The molecule has 3 amide bonds. The number of alkyl halides is 1. The highest BCUT2D eigenvalue weighted by atomic mass is 35.5. The molecule has 1 fully saturated rings. The number of carbonyl (C=O) groups excluding carboxylic acids is 2. The van der Waals surface area contributed by atoms with E-state index in [0.717, 1.165) is 11.5 Å². The second-order valence-corrected chi connectivity index (χ2v) is 4.52. The molecule has 80 valence electrons. The van der Waals surface area contributed by atoms with Crippen LogP contribution in [0.5, 0.6) is 0 Å². The van der Waals surface area contributed by atoms with Gasteiger partial charge in [0, 0.05) is 24.1 Å². The number of nitrogens with one attached hydrogen (secondary N) is 1. The van der Waals surface area contributed by atoms with E-state index in [9.17, 15) is 9.59 Å². The quantitative estimate of drug-likeness (QED) is 0.689. The molecule has 0 aromatic heterocycles. The van der Waals surface area contributed by atoms with Gasteiger partial charge in [-0.1, -0.05) is 0 Å². The van der Waals surface area contributed by atoms with Gasteiger partial charge in [-0.2, -0.15) is 11.8 Å². The summed E-state index contributed by atoms with van der Waals surface area (Å²) in [5, 5.41) is 2.24. The molecule has 1 N–H and O–H groups in total. The molecule has 1 rings (SSSR count). The van der Waals surface area contributed by atoms with Crippen molar-refractivity contribution in [1.29, 1.82) is 0 Å². The fourth-order valence-electron chi connectivity index (χ4n) is 1.25. The van der Waals surface area contributed by atoms with Crippen molar-refractivity contribution in [3.63, 3.8) is 0 Å². The molecule has 0 radical (unpaired) electrons. The highest BCUT2D eigenvalue weighted by Gasteiger charge is 2.24. The second-order valence-electron chi connectivity index (χ2n) is 3.10. The number of urea groups is 1. The lowest BCUT2D eigenvalue weighted by Gasteiger charge is -2.32. The molecular formula is C8H13ClN2O2S. The van der Waals surface area contributed by atoms with Crippen molar-refractivity contribution >= 4 is 35.3 Å². The molecule has 1 aliphatic heterocycles. The van der Waals surface area contributed by atoms with Crippen LogP contribution in [0.3, 0.4) is 0 Å². The summed E-state index contributed by atoms with van der Waals surface area (Å²) in [6.45, 7) is 2.66. The minimum atomic E-state index is -0.443. The number of halogens is 1. The molecule has 1 saturated heterocycles. The van der Waals surface area contributed by atoms with Gasteiger partial charge >= 0.3 is 6.03 Å². The Morgan fingerprint density at radius 1 is 1.64 bits per heavy atom. The van der Waals surface area contributed by atoms with Crippen molar-refractivity contribution < 1.29 is 9.59 Å². The van der Waals surface area contributed by atoms with E-state index in [1.807, 2.05) is 18.7 Å².